The molecule has 6 nitrogen and oxygen atoms in total. The van der Waals surface area contributed by atoms with E-state index in [-0.39, 0.29) is 6.54 Å². The van der Waals surface area contributed by atoms with E-state index >= 15 is 0 Å². The quantitative estimate of drug-likeness (QED) is 0.763. The summed E-state index contributed by atoms with van der Waals surface area (Å²) in [6.07, 6.45) is 0. The molecule has 2 aromatic rings. The Morgan fingerprint density at radius 2 is 1.70 bits per heavy atom. The number of urea groups is 1. The van der Waals surface area contributed by atoms with Crippen LogP contribution in [-0.2, 0) is 11.4 Å². The molecule has 0 aliphatic rings. The molecule has 0 radical (unpaired) electrons. The van der Waals surface area contributed by atoms with Crippen LogP contribution in [0.2, 0.25) is 0 Å². The Bertz CT molecular complexity index is 642. The summed E-state index contributed by atoms with van der Waals surface area (Å²) in [7, 11) is 1.45. The van der Waals surface area contributed by atoms with Gasteiger partial charge >= 0.3 is 6.03 Å². The molecule has 0 saturated heterocycles. The van der Waals surface area contributed by atoms with Gasteiger partial charge in [-0.15, -0.1) is 0 Å². The minimum atomic E-state index is -0.526. The van der Waals surface area contributed by atoms with Crippen molar-refractivity contribution in [3.05, 3.63) is 60.2 Å². The lowest BCUT2D eigenvalue weighted by Crippen LogP contribution is -2.40. The summed E-state index contributed by atoms with van der Waals surface area (Å²) >= 11 is 0. The minimum Gasteiger partial charge on any atom is -0.489 e. The van der Waals surface area contributed by atoms with E-state index in [1.54, 1.807) is 0 Å². The van der Waals surface area contributed by atoms with E-state index in [0.717, 1.165) is 17.0 Å². The second kappa shape index (κ2) is 8.43. The molecule has 0 spiro atoms. The molecular weight excluding hydrogens is 294 g/mol. The average Bonchev–Trinajstić information content (AvgIpc) is 2.60. The van der Waals surface area contributed by atoms with Crippen molar-refractivity contribution in [2.45, 2.75) is 6.61 Å². The standard InChI is InChI=1S/C17H19N3O3/c1-18-17(22)20-16(21)11-19-14-7-9-15(10-8-14)23-12-13-5-3-2-4-6-13/h2-10,19H,11-12H2,1H3,(H2,18,20,21,22). The molecule has 6 heteroatoms. The van der Waals surface area contributed by atoms with Crippen LogP contribution < -0.4 is 20.7 Å². The van der Waals surface area contributed by atoms with Crippen molar-refractivity contribution in [2.75, 3.05) is 18.9 Å². The molecule has 0 atom stereocenters. The van der Waals surface area contributed by atoms with Crippen LogP contribution in [0.15, 0.2) is 54.6 Å². The molecule has 2 rings (SSSR count). The van der Waals surface area contributed by atoms with E-state index in [9.17, 15) is 9.59 Å². The Morgan fingerprint density at radius 1 is 1.00 bits per heavy atom. The first-order valence-corrected chi connectivity index (χ1v) is 7.19. The maximum absolute atomic E-state index is 11.5. The van der Waals surface area contributed by atoms with Gasteiger partial charge in [-0.3, -0.25) is 10.1 Å². The fourth-order valence-electron chi connectivity index (χ4n) is 1.83. The highest BCUT2D eigenvalue weighted by atomic mass is 16.5. The van der Waals surface area contributed by atoms with Gasteiger partial charge in [0.2, 0.25) is 5.91 Å². The number of hydrogen-bond acceptors (Lipinski definition) is 4. The largest absolute Gasteiger partial charge is 0.489 e. The van der Waals surface area contributed by atoms with Crippen molar-refractivity contribution in [1.29, 1.82) is 0 Å². The number of carbonyl (C=O) groups is 2. The van der Waals surface area contributed by atoms with Gasteiger partial charge in [0.1, 0.15) is 12.4 Å². The number of anilines is 1. The maximum Gasteiger partial charge on any atom is 0.321 e. The number of benzene rings is 2. The summed E-state index contributed by atoms with van der Waals surface area (Å²) in [4.78, 5) is 22.4. The van der Waals surface area contributed by atoms with Crippen LogP contribution in [0.1, 0.15) is 5.56 Å². The molecule has 0 aromatic heterocycles. The number of hydrogen-bond donors (Lipinski definition) is 3. The number of carbonyl (C=O) groups excluding carboxylic acids is 2. The van der Waals surface area contributed by atoms with Crippen molar-refractivity contribution >= 4 is 17.6 Å². The first-order chi connectivity index (χ1) is 11.2. The molecule has 0 unspecified atom stereocenters. The zero-order valence-electron chi connectivity index (χ0n) is 12.8. The predicted octanol–water partition coefficient (Wildman–Crippen LogP) is 2.13. The molecular formula is C17H19N3O3. The monoisotopic (exact) mass is 313 g/mol. The second-order valence-electron chi connectivity index (χ2n) is 4.78. The number of amides is 3. The average molecular weight is 313 g/mol. The summed E-state index contributed by atoms with van der Waals surface area (Å²) in [5.74, 6) is 0.336. The first-order valence-electron chi connectivity index (χ1n) is 7.19. The third kappa shape index (κ3) is 5.70. The Kier molecular flexibility index (Phi) is 5.99. The summed E-state index contributed by atoms with van der Waals surface area (Å²) in [6.45, 7) is 0.514. The Morgan fingerprint density at radius 3 is 2.35 bits per heavy atom. The van der Waals surface area contributed by atoms with Gasteiger partial charge in [0.25, 0.3) is 0 Å². The number of rotatable bonds is 6. The first kappa shape index (κ1) is 16.4. The normalized spacial score (nSPS) is 9.78. The van der Waals surface area contributed by atoms with Crippen LogP contribution in [0.5, 0.6) is 5.75 Å². The van der Waals surface area contributed by atoms with Crippen LogP contribution in [0.4, 0.5) is 10.5 Å². The lowest BCUT2D eigenvalue weighted by Gasteiger charge is -2.09. The maximum atomic E-state index is 11.5. The topological polar surface area (TPSA) is 79.5 Å². The SMILES string of the molecule is CNC(=O)NC(=O)CNc1ccc(OCc2ccccc2)cc1. The van der Waals surface area contributed by atoms with Gasteiger partial charge in [0, 0.05) is 12.7 Å². The molecule has 0 aliphatic carbocycles. The predicted molar refractivity (Wildman–Crippen MR) is 88.3 cm³/mol. The smallest absolute Gasteiger partial charge is 0.321 e. The van der Waals surface area contributed by atoms with Crippen molar-refractivity contribution < 1.29 is 14.3 Å². The van der Waals surface area contributed by atoms with E-state index in [1.807, 2.05) is 54.6 Å². The highest BCUT2D eigenvalue weighted by molar-refractivity contribution is 5.96. The summed E-state index contributed by atoms with van der Waals surface area (Å²) in [6, 6.07) is 16.6. The molecule has 23 heavy (non-hydrogen) atoms. The van der Waals surface area contributed by atoms with E-state index in [1.165, 1.54) is 7.05 Å². The Labute approximate surface area is 134 Å². The van der Waals surface area contributed by atoms with E-state index in [0.29, 0.717) is 6.61 Å². The van der Waals surface area contributed by atoms with Gasteiger partial charge in [-0.2, -0.15) is 0 Å². The fourth-order valence-corrected chi connectivity index (χ4v) is 1.83. The van der Waals surface area contributed by atoms with Gasteiger partial charge in [-0.1, -0.05) is 30.3 Å². The van der Waals surface area contributed by atoms with Crippen LogP contribution in [-0.4, -0.2) is 25.5 Å². The number of nitrogens with one attached hydrogen (secondary N) is 3. The van der Waals surface area contributed by atoms with Gasteiger partial charge in [0.05, 0.1) is 6.54 Å². The summed E-state index contributed by atoms with van der Waals surface area (Å²) in [5, 5.41) is 7.41. The molecule has 0 saturated carbocycles. The summed E-state index contributed by atoms with van der Waals surface area (Å²) in [5.41, 5.74) is 1.87. The highest BCUT2D eigenvalue weighted by Crippen LogP contribution is 2.16. The highest BCUT2D eigenvalue weighted by Gasteiger charge is 2.05. The molecule has 3 amide bonds. The Balaban J connectivity index is 1.78. The van der Waals surface area contributed by atoms with E-state index < -0.39 is 11.9 Å². The van der Waals surface area contributed by atoms with Crippen LogP contribution in [0, 0.1) is 0 Å². The van der Waals surface area contributed by atoms with E-state index in [2.05, 4.69) is 16.0 Å². The minimum absolute atomic E-state index is 0.0115. The summed E-state index contributed by atoms with van der Waals surface area (Å²) < 4.78 is 5.68. The number of ether oxygens (including phenoxy) is 1. The zero-order valence-corrected chi connectivity index (χ0v) is 12.8. The third-order valence-corrected chi connectivity index (χ3v) is 3.04. The van der Waals surface area contributed by atoms with Crippen LogP contribution >= 0.6 is 0 Å². The van der Waals surface area contributed by atoms with Gasteiger partial charge < -0.3 is 15.4 Å². The van der Waals surface area contributed by atoms with Gasteiger partial charge in [-0.05, 0) is 29.8 Å². The lowest BCUT2D eigenvalue weighted by molar-refractivity contribution is -0.118. The molecule has 0 bridgehead atoms. The molecule has 3 N–H and O–H groups in total. The zero-order chi connectivity index (χ0) is 16.5. The van der Waals surface area contributed by atoms with E-state index in [4.69, 9.17) is 4.74 Å². The van der Waals surface area contributed by atoms with Crippen LogP contribution in [0.3, 0.4) is 0 Å². The van der Waals surface area contributed by atoms with Crippen molar-refractivity contribution in [3.8, 4) is 5.75 Å². The fraction of sp³-hybridized carbons (Fsp3) is 0.176. The van der Waals surface area contributed by atoms with Crippen molar-refractivity contribution in [1.82, 2.24) is 10.6 Å². The molecule has 0 aliphatic heterocycles. The van der Waals surface area contributed by atoms with Crippen LogP contribution in [0.25, 0.3) is 0 Å². The third-order valence-electron chi connectivity index (χ3n) is 3.04. The van der Waals surface area contributed by atoms with Crippen molar-refractivity contribution in [2.24, 2.45) is 0 Å². The second-order valence-corrected chi connectivity index (χ2v) is 4.78. The van der Waals surface area contributed by atoms with Gasteiger partial charge in [-0.25, -0.2) is 4.79 Å². The lowest BCUT2D eigenvalue weighted by atomic mass is 10.2. The van der Waals surface area contributed by atoms with Gasteiger partial charge in [0.15, 0.2) is 0 Å². The number of imide groups is 1. The Hall–Kier alpha value is -3.02. The molecule has 0 heterocycles. The molecule has 2 aromatic carbocycles. The molecule has 120 valence electrons. The molecule has 0 fully saturated rings. The van der Waals surface area contributed by atoms with Crippen molar-refractivity contribution in [3.63, 3.8) is 0 Å².